The summed E-state index contributed by atoms with van der Waals surface area (Å²) in [6.45, 7) is 4.01. The van der Waals surface area contributed by atoms with Gasteiger partial charge in [-0.1, -0.05) is 42.5 Å². The molecule has 0 fully saturated rings. The zero-order valence-corrected chi connectivity index (χ0v) is 25.5. The van der Waals surface area contributed by atoms with Gasteiger partial charge in [0, 0.05) is 29.6 Å². The van der Waals surface area contributed by atoms with Gasteiger partial charge in [0.2, 0.25) is 0 Å². The van der Waals surface area contributed by atoms with Crippen LogP contribution < -0.4 is 4.74 Å². The molecule has 0 aliphatic heterocycles. The highest BCUT2D eigenvalue weighted by Crippen LogP contribution is 2.38. The third kappa shape index (κ3) is 5.55. The van der Waals surface area contributed by atoms with E-state index in [0.717, 1.165) is 27.9 Å². The van der Waals surface area contributed by atoms with Crippen molar-refractivity contribution in [1.29, 1.82) is 0 Å². The van der Waals surface area contributed by atoms with Gasteiger partial charge in [0.05, 0.1) is 13.7 Å². The molecular formula is C31H29F3N8OS. The van der Waals surface area contributed by atoms with Crippen LogP contribution in [0, 0.1) is 13.8 Å². The number of hydrogen-bond donors (Lipinski definition) is 0. The zero-order valence-electron chi connectivity index (χ0n) is 24.7. The maximum atomic E-state index is 14.0. The average molecular weight is 619 g/mol. The van der Waals surface area contributed by atoms with Crippen LogP contribution in [0.4, 0.5) is 13.2 Å². The smallest absolute Gasteiger partial charge is 0.453 e. The predicted molar refractivity (Wildman–Crippen MR) is 164 cm³/mol. The number of pyridine rings is 1. The summed E-state index contributed by atoms with van der Waals surface area (Å²) in [5, 5.41) is 3.91. The molecule has 6 rings (SSSR count). The summed E-state index contributed by atoms with van der Waals surface area (Å²) in [5.74, 6) is -0.618. The second-order valence-corrected chi connectivity index (χ2v) is 11.7. The number of rotatable bonds is 8. The highest BCUT2D eigenvalue weighted by molar-refractivity contribution is 7.95. The first kappa shape index (κ1) is 29.5. The molecule has 0 radical (unpaired) electrons. The van der Waals surface area contributed by atoms with Crippen molar-refractivity contribution in [3.8, 4) is 39.8 Å². The molecule has 0 atom stereocenters. The number of benzene rings is 2. The van der Waals surface area contributed by atoms with E-state index in [2.05, 4.69) is 15.1 Å². The maximum absolute atomic E-state index is 14.0. The summed E-state index contributed by atoms with van der Waals surface area (Å²) >= 11 is 1.41. The lowest BCUT2D eigenvalue weighted by atomic mass is 9.99. The molecule has 4 heterocycles. The second-order valence-electron chi connectivity index (χ2n) is 10.4. The van der Waals surface area contributed by atoms with Crippen molar-refractivity contribution in [3.63, 3.8) is 0 Å². The summed E-state index contributed by atoms with van der Waals surface area (Å²) < 4.78 is 54.3. The maximum Gasteiger partial charge on any atom is 0.453 e. The Hall–Kier alpha value is -4.62. The van der Waals surface area contributed by atoms with Gasteiger partial charge in [0.25, 0.3) is 5.82 Å². The molecule has 0 saturated carbocycles. The minimum Gasteiger partial charge on any atom is -0.497 e. The van der Waals surface area contributed by atoms with Gasteiger partial charge in [-0.05, 0) is 62.8 Å². The summed E-state index contributed by atoms with van der Waals surface area (Å²) in [4.78, 5) is 13.6. The minimum absolute atomic E-state index is 0.0139. The van der Waals surface area contributed by atoms with Crippen LogP contribution in [0.25, 0.3) is 39.7 Å². The highest BCUT2D eigenvalue weighted by Gasteiger charge is 2.38. The minimum atomic E-state index is -4.75. The number of aromatic nitrogens is 7. The molecule has 0 spiro atoms. The topological polar surface area (TPSA) is 78.3 Å². The van der Waals surface area contributed by atoms with Gasteiger partial charge in [0.1, 0.15) is 34.8 Å². The summed E-state index contributed by atoms with van der Waals surface area (Å²) in [7, 11) is 5.36. The van der Waals surface area contributed by atoms with Crippen molar-refractivity contribution in [2.24, 2.45) is 0 Å². The zero-order chi connectivity index (χ0) is 31.2. The van der Waals surface area contributed by atoms with Crippen molar-refractivity contribution in [3.05, 3.63) is 95.8 Å². The Morgan fingerprint density at radius 1 is 0.977 bits per heavy atom. The molecule has 2 aromatic carbocycles. The summed E-state index contributed by atoms with van der Waals surface area (Å²) in [6, 6.07) is 18.9. The number of nitrogens with zero attached hydrogens (tertiary/aromatic N) is 8. The molecule has 6 aromatic rings. The van der Waals surface area contributed by atoms with E-state index in [1.54, 1.807) is 37.7 Å². The van der Waals surface area contributed by atoms with Crippen molar-refractivity contribution >= 4 is 17.8 Å². The first-order chi connectivity index (χ1) is 21.0. The number of alkyl halides is 3. The molecule has 0 amide bonds. The van der Waals surface area contributed by atoms with Crippen molar-refractivity contribution in [1.82, 2.24) is 37.4 Å². The van der Waals surface area contributed by atoms with Crippen molar-refractivity contribution in [2.45, 2.75) is 26.6 Å². The highest BCUT2D eigenvalue weighted by atomic mass is 32.2. The Morgan fingerprint density at radius 3 is 2.36 bits per heavy atom. The number of hydrogen-bond acceptors (Lipinski definition) is 7. The number of methoxy groups -OCH3 is 1. The monoisotopic (exact) mass is 618 g/mol. The van der Waals surface area contributed by atoms with Gasteiger partial charge in [0.15, 0.2) is 5.82 Å². The van der Waals surface area contributed by atoms with E-state index in [1.165, 1.54) is 16.8 Å². The standard InChI is InChI=1S/C31H29F3N8OS/c1-19-15-25-36-27(29-37-30(31(32,33)34)38-41(29)16-21-11-13-23(43-5)14-12-21)28(24-17-40(18-35-24)44-39(3)4)42(25)20(2)26(19)22-9-7-6-8-10-22/h6-15,17-18H,16H2,1-5H3. The van der Waals surface area contributed by atoms with Gasteiger partial charge >= 0.3 is 6.18 Å². The Morgan fingerprint density at radius 2 is 1.70 bits per heavy atom. The lowest BCUT2D eigenvalue weighted by Crippen LogP contribution is -2.09. The molecule has 0 N–H and O–H groups in total. The summed E-state index contributed by atoms with van der Waals surface area (Å²) in [5.41, 5.74) is 6.44. The second kappa shape index (κ2) is 11.5. The number of aryl methyl sites for hydroxylation is 2. The van der Waals surface area contributed by atoms with Crippen LogP contribution in [0.15, 0.2) is 73.2 Å². The van der Waals surface area contributed by atoms with Crippen molar-refractivity contribution in [2.75, 3.05) is 21.2 Å². The van der Waals surface area contributed by atoms with Gasteiger partial charge in [-0.15, -0.1) is 5.10 Å². The molecule has 0 unspecified atom stereocenters. The van der Waals surface area contributed by atoms with E-state index in [9.17, 15) is 13.2 Å². The molecule has 226 valence electrons. The van der Waals surface area contributed by atoms with Crippen LogP contribution in [0.1, 0.15) is 22.6 Å². The molecule has 44 heavy (non-hydrogen) atoms. The van der Waals surface area contributed by atoms with E-state index in [-0.39, 0.29) is 18.1 Å². The third-order valence-corrected chi connectivity index (χ3v) is 7.81. The van der Waals surface area contributed by atoms with Crippen LogP contribution in [0.2, 0.25) is 0 Å². The first-order valence-electron chi connectivity index (χ1n) is 13.7. The normalized spacial score (nSPS) is 12.0. The van der Waals surface area contributed by atoms with E-state index < -0.39 is 12.0 Å². The fourth-order valence-corrected chi connectivity index (χ4v) is 5.90. The van der Waals surface area contributed by atoms with Gasteiger partial charge < -0.3 is 4.74 Å². The van der Waals surface area contributed by atoms with E-state index in [1.807, 2.05) is 83.2 Å². The molecule has 0 saturated heterocycles. The quantitative estimate of drug-likeness (QED) is 0.174. The molecular weight excluding hydrogens is 589 g/mol. The Kier molecular flexibility index (Phi) is 7.68. The predicted octanol–water partition coefficient (Wildman–Crippen LogP) is 6.79. The third-order valence-electron chi connectivity index (χ3n) is 7.09. The van der Waals surface area contributed by atoms with Crippen LogP contribution in [-0.4, -0.2) is 58.6 Å². The Balaban J connectivity index is 1.62. The van der Waals surface area contributed by atoms with Crippen LogP contribution in [-0.2, 0) is 12.7 Å². The average Bonchev–Trinajstić information content (AvgIpc) is 3.70. The fourth-order valence-electron chi connectivity index (χ4n) is 5.28. The fraction of sp³-hybridized carbons (Fsp3) is 0.226. The molecule has 13 heteroatoms. The lowest BCUT2D eigenvalue weighted by Gasteiger charge is -2.14. The van der Waals surface area contributed by atoms with Crippen LogP contribution >= 0.6 is 12.1 Å². The van der Waals surface area contributed by atoms with Gasteiger partial charge in [-0.25, -0.2) is 23.9 Å². The number of imidazole rings is 2. The number of ether oxygens (including phenoxy) is 1. The molecule has 0 aliphatic carbocycles. The van der Waals surface area contributed by atoms with E-state index in [0.29, 0.717) is 22.8 Å². The number of halogens is 3. The lowest BCUT2D eigenvalue weighted by molar-refractivity contribution is -0.144. The van der Waals surface area contributed by atoms with Gasteiger partial charge in [-0.2, -0.15) is 13.2 Å². The molecule has 4 aromatic heterocycles. The van der Waals surface area contributed by atoms with Crippen molar-refractivity contribution < 1.29 is 17.9 Å². The summed E-state index contributed by atoms with van der Waals surface area (Å²) in [6.07, 6.45) is -1.27. The van der Waals surface area contributed by atoms with E-state index in [4.69, 9.17) is 9.72 Å². The first-order valence-corrected chi connectivity index (χ1v) is 14.4. The van der Waals surface area contributed by atoms with Gasteiger partial charge in [-0.3, -0.25) is 8.37 Å². The van der Waals surface area contributed by atoms with Crippen LogP contribution in [0.5, 0.6) is 5.75 Å². The Bertz CT molecular complexity index is 1940. The SMILES string of the molecule is COc1ccc(Cn2nc(C(F)(F)F)nc2-c2nc3cc(C)c(-c4ccccc4)c(C)n3c2-c2cn(SN(C)C)cn2)cc1. The molecule has 9 nitrogen and oxygen atoms in total. The molecule has 0 bridgehead atoms. The molecule has 0 aliphatic rings. The van der Waals surface area contributed by atoms with Crippen LogP contribution in [0.3, 0.4) is 0 Å². The van der Waals surface area contributed by atoms with E-state index >= 15 is 0 Å². The number of fused-ring (bicyclic) bond motifs is 1. The Labute approximate surface area is 256 Å². The largest absolute Gasteiger partial charge is 0.497 e.